The van der Waals surface area contributed by atoms with Crippen LogP contribution in [0.15, 0.2) is 29.4 Å². The highest BCUT2D eigenvalue weighted by Gasteiger charge is 2.40. The van der Waals surface area contributed by atoms with Gasteiger partial charge < -0.3 is 10.1 Å². The van der Waals surface area contributed by atoms with Gasteiger partial charge in [-0.3, -0.25) is 4.79 Å². The Morgan fingerprint density at radius 2 is 1.95 bits per heavy atom. The highest BCUT2D eigenvalue weighted by molar-refractivity contribution is 6.09. The number of fused-ring (bicyclic) bond motifs is 1. The van der Waals surface area contributed by atoms with E-state index in [1.165, 1.54) is 0 Å². The van der Waals surface area contributed by atoms with E-state index in [2.05, 4.69) is 12.1 Å². The summed E-state index contributed by atoms with van der Waals surface area (Å²) in [5.74, 6) is 0.228. The third-order valence-electron chi connectivity index (χ3n) is 4.89. The Bertz CT molecular complexity index is 574. The van der Waals surface area contributed by atoms with E-state index in [0.29, 0.717) is 18.7 Å². The summed E-state index contributed by atoms with van der Waals surface area (Å²) < 4.78 is 0. The number of hydrogen-bond donors (Lipinski definition) is 1. The summed E-state index contributed by atoms with van der Waals surface area (Å²) in [5.41, 5.74) is 2.22. The van der Waals surface area contributed by atoms with Crippen molar-refractivity contribution < 1.29 is 10.0 Å². The molecule has 2 aliphatic rings. The van der Waals surface area contributed by atoms with Gasteiger partial charge in [0.1, 0.15) is 0 Å². The average molecular weight is 286 g/mol. The van der Waals surface area contributed by atoms with Gasteiger partial charge in [-0.05, 0) is 31.7 Å². The predicted molar refractivity (Wildman–Crippen MR) is 82.9 cm³/mol. The molecule has 0 spiro atoms. The van der Waals surface area contributed by atoms with Crippen LogP contribution in [-0.2, 0) is 4.79 Å². The van der Waals surface area contributed by atoms with E-state index < -0.39 is 0 Å². The van der Waals surface area contributed by atoms with Gasteiger partial charge in [-0.25, -0.2) is 0 Å². The van der Waals surface area contributed by atoms with Gasteiger partial charge in [0.05, 0.1) is 11.4 Å². The lowest BCUT2D eigenvalue weighted by Crippen LogP contribution is -2.41. The van der Waals surface area contributed by atoms with Crippen molar-refractivity contribution in [2.24, 2.45) is 10.6 Å². The van der Waals surface area contributed by atoms with Gasteiger partial charge in [0, 0.05) is 17.5 Å². The van der Waals surface area contributed by atoms with Crippen molar-refractivity contribution in [2.75, 3.05) is 11.4 Å². The number of para-hydroxylation sites is 1. The van der Waals surface area contributed by atoms with Gasteiger partial charge in [0.2, 0.25) is 5.91 Å². The molecule has 0 bridgehead atoms. The molecule has 0 saturated heterocycles. The van der Waals surface area contributed by atoms with E-state index in [1.54, 1.807) is 0 Å². The Labute approximate surface area is 125 Å². The lowest BCUT2D eigenvalue weighted by atomic mass is 9.86. The number of nitrogens with zero attached hydrogens (tertiary/aromatic N) is 2. The van der Waals surface area contributed by atoms with Crippen LogP contribution >= 0.6 is 0 Å². The molecule has 0 unspecified atom stereocenters. The molecule has 21 heavy (non-hydrogen) atoms. The van der Waals surface area contributed by atoms with Gasteiger partial charge in [-0.2, -0.15) is 0 Å². The van der Waals surface area contributed by atoms with E-state index in [4.69, 9.17) is 0 Å². The highest BCUT2D eigenvalue weighted by atomic mass is 16.4. The third kappa shape index (κ3) is 2.43. The molecule has 1 aliphatic carbocycles. The largest absolute Gasteiger partial charge is 0.411 e. The minimum absolute atomic E-state index is 0.228. The summed E-state index contributed by atoms with van der Waals surface area (Å²) in [4.78, 5) is 15.0. The molecule has 4 nitrogen and oxygen atoms in total. The van der Waals surface area contributed by atoms with Crippen LogP contribution in [-0.4, -0.2) is 23.4 Å². The smallest absolute Gasteiger partial charge is 0.232 e. The average Bonchev–Trinajstić information content (AvgIpc) is 2.87. The molecule has 1 N–H and O–H groups in total. The molecule has 4 heteroatoms. The Morgan fingerprint density at radius 3 is 2.67 bits per heavy atom. The van der Waals surface area contributed by atoms with Crippen LogP contribution in [0.1, 0.15) is 51.0 Å². The van der Waals surface area contributed by atoms with Crippen LogP contribution in [0.4, 0.5) is 5.69 Å². The molecule has 1 aliphatic heterocycles. The van der Waals surface area contributed by atoms with E-state index in [9.17, 15) is 10.0 Å². The maximum Gasteiger partial charge on any atom is 0.232 e. The van der Waals surface area contributed by atoms with E-state index in [1.807, 2.05) is 29.2 Å². The maximum atomic E-state index is 13.1. The lowest BCUT2D eigenvalue weighted by molar-refractivity contribution is -0.127. The first-order valence-corrected chi connectivity index (χ1v) is 7.78. The topological polar surface area (TPSA) is 52.9 Å². The number of oxime groups is 1. The van der Waals surface area contributed by atoms with Gasteiger partial charge in [-0.1, -0.05) is 43.1 Å². The molecule has 1 heterocycles. The molecule has 112 valence electrons. The number of rotatable bonds is 1. The second kappa shape index (κ2) is 5.51. The maximum absolute atomic E-state index is 13.1. The van der Waals surface area contributed by atoms with Crippen molar-refractivity contribution in [3.05, 3.63) is 29.8 Å². The second-order valence-corrected chi connectivity index (χ2v) is 6.39. The molecular weight excluding hydrogens is 264 g/mol. The van der Waals surface area contributed by atoms with E-state index >= 15 is 0 Å². The summed E-state index contributed by atoms with van der Waals surface area (Å²) in [5, 5.41) is 12.7. The minimum atomic E-state index is -0.228. The van der Waals surface area contributed by atoms with Gasteiger partial charge in [0.25, 0.3) is 0 Å². The first kappa shape index (κ1) is 14.1. The molecule has 1 saturated carbocycles. The van der Waals surface area contributed by atoms with Crippen LogP contribution in [0.2, 0.25) is 0 Å². The summed E-state index contributed by atoms with van der Waals surface area (Å²) >= 11 is 0. The standard InChI is InChI=1S/C17H22N2O2/c1-17(10-4-5-11-17)16(20)19-12-6-8-14(18-21)13-7-2-3-9-15(13)19/h2-3,7,9,21H,4-6,8,10-12H2,1H3/b18-14-. The Hall–Kier alpha value is -1.84. The van der Waals surface area contributed by atoms with Crippen LogP contribution in [0.3, 0.4) is 0 Å². The molecular formula is C17H22N2O2. The zero-order valence-electron chi connectivity index (χ0n) is 12.5. The normalized spacial score (nSPS) is 22.9. The summed E-state index contributed by atoms with van der Waals surface area (Å²) in [6.07, 6.45) is 5.77. The number of amides is 1. The first-order chi connectivity index (χ1) is 10.2. The molecule has 0 radical (unpaired) electrons. The van der Waals surface area contributed by atoms with Gasteiger partial charge in [-0.15, -0.1) is 0 Å². The third-order valence-corrected chi connectivity index (χ3v) is 4.89. The zero-order valence-corrected chi connectivity index (χ0v) is 12.5. The van der Waals surface area contributed by atoms with Crippen molar-refractivity contribution >= 4 is 17.3 Å². The highest BCUT2D eigenvalue weighted by Crippen LogP contribution is 2.41. The fraction of sp³-hybridized carbons (Fsp3) is 0.529. The van der Waals surface area contributed by atoms with E-state index in [0.717, 1.165) is 43.4 Å². The van der Waals surface area contributed by atoms with Crippen LogP contribution in [0.25, 0.3) is 0 Å². The van der Waals surface area contributed by atoms with Crippen LogP contribution in [0.5, 0.6) is 0 Å². The SMILES string of the molecule is CC1(C(=O)N2CCC/C(=N/O)c3ccccc32)CCCC1. The number of carbonyl (C=O) groups excluding carboxylic acids is 1. The van der Waals surface area contributed by atoms with Crippen molar-refractivity contribution in [2.45, 2.75) is 45.4 Å². The van der Waals surface area contributed by atoms with E-state index in [-0.39, 0.29) is 11.3 Å². The fourth-order valence-electron chi connectivity index (χ4n) is 3.62. The van der Waals surface area contributed by atoms with Crippen molar-refractivity contribution in [1.82, 2.24) is 0 Å². The summed E-state index contributed by atoms with van der Waals surface area (Å²) in [6, 6.07) is 7.76. The van der Waals surface area contributed by atoms with Crippen molar-refractivity contribution in [3.8, 4) is 0 Å². The Balaban J connectivity index is 2.01. The van der Waals surface area contributed by atoms with Gasteiger partial charge >= 0.3 is 0 Å². The molecule has 0 aromatic heterocycles. The molecule has 1 amide bonds. The molecule has 1 fully saturated rings. The Kier molecular flexibility index (Phi) is 3.70. The first-order valence-electron chi connectivity index (χ1n) is 7.78. The summed E-state index contributed by atoms with van der Waals surface area (Å²) in [7, 11) is 0. The van der Waals surface area contributed by atoms with Crippen molar-refractivity contribution in [1.29, 1.82) is 0 Å². The van der Waals surface area contributed by atoms with Crippen molar-refractivity contribution in [3.63, 3.8) is 0 Å². The molecule has 3 rings (SSSR count). The molecule has 0 atom stereocenters. The van der Waals surface area contributed by atoms with Crippen LogP contribution < -0.4 is 4.90 Å². The summed E-state index contributed by atoms with van der Waals surface area (Å²) in [6.45, 7) is 2.79. The number of benzene rings is 1. The monoisotopic (exact) mass is 286 g/mol. The quantitative estimate of drug-likeness (QED) is 0.634. The van der Waals surface area contributed by atoms with Gasteiger partial charge in [0.15, 0.2) is 0 Å². The fourth-order valence-corrected chi connectivity index (χ4v) is 3.62. The second-order valence-electron chi connectivity index (χ2n) is 6.39. The lowest BCUT2D eigenvalue weighted by Gasteiger charge is -2.31. The molecule has 1 aromatic rings. The number of carbonyl (C=O) groups is 1. The predicted octanol–water partition coefficient (Wildman–Crippen LogP) is 3.57. The number of hydrogen-bond acceptors (Lipinski definition) is 3. The number of anilines is 1. The zero-order chi connectivity index (χ0) is 14.9. The minimum Gasteiger partial charge on any atom is -0.411 e. The Morgan fingerprint density at radius 1 is 1.24 bits per heavy atom. The van der Waals surface area contributed by atoms with Crippen LogP contribution in [0, 0.1) is 5.41 Å². The molecule has 1 aromatic carbocycles.